The minimum atomic E-state index is -0.604. The van der Waals surface area contributed by atoms with Gasteiger partial charge in [0, 0.05) is 6.08 Å². The average molecular weight is 279 g/mol. The molecule has 0 aliphatic heterocycles. The van der Waals surface area contributed by atoms with E-state index in [1.165, 1.54) is 24.3 Å². The molecule has 2 aromatic rings. The fourth-order valence-corrected chi connectivity index (χ4v) is 1.28. The van der Waals surface area contributed by atoms with Crippen LogP contribution in [0.4, 0.5) is 11.9 Å². The van der Waals surface area contributed by atoms with E-state index in [-0.39, 0.29) is 11.8 Å². The molecule has 9 heteroatoms. The molecule has 0 aliphatic carbocycles. The molecule has 0 unspecified atom stereocenters. The van der Waals surface area contributed by atoms with Crippen LogP contribution in [0, 0.1) is 10.1 Å². The third-order valence-electron chi connectivity index (χ3n) is 2.17. The summed E-state index contributed by atoms with van der Waals surface area (Å²) in [6.45, 7) is 0.565. The minimum absolute atomic E-state index is 0.269. The molecule has 0 atom stereocenters. The zero-order chi connectivity index (χ0) is 14.5. The molecule has 20 heavy (non-hydrogen) atoms. The van der Waals surface area contributed by atoms with E-state index in [0.29, 0.717) is 18.4 Å². The quantitative estimate of drug-likeness (QED) is 0.483. The molecule has 0 fully saturated rings. The molecule has 1 N–H and O–H groups in total. The molecule has 0 bridgehead atoms. The van der Waals surface area contributed by atoms with Crippen LogP contribution in [0.2, 0.25) is 0 Å². The predicted octanol–water partition coefficient (Wildman–Crippen LogP) is 1.67. The second-order valence-corrected chi connectivity index (χ2v) is 4.13. The Hall–Kier alpha value is -2.68. The van der Waals surface area contributed by atoms with Crippen molar-refractivity contribution in [3.05, 3.63) is 33.9 Å². The maximum absolute atomic E-state index is 10.5. The molecule has 0 aromatic carbocycles. The highest BCUT2D eigenvalue weighted by molar-refractivity contribution is 5.63. The second kappa shape index (κ2) is 5.97. The first-order valence-corrected chi connectivity index (χ1v) is 5.69. The van der Waals surface area contributed by atoms with Crippen LogP contribution >= 0.6 is 0 Å². The number of rotatable bonds is 6. The van der Waals surface area contributed by atoms with Gasteiger partial charge in [-0.3, -0.25) is 15.0 Å². The third-order valence-corrected chi connectivity index (χ3v) is 2.17. The Bertz CT molecular complexity index is 616. The van der Waals surface area contributed by atoms with Crippen LogP contribution < -0.4 is 5.32 Å². The number of anilines is 1. The molecule has 9 nitrogen and oxygen atoms in total. The number of nitrogens with one attached hydrogen (secondary N) is 1. The smallest absolute Gasteiger partial charge is 0.404 e. The van der Waals surface area contributed by atoms with Gasteiger partial charge >= 0.3 is 11.9 Å². The van der Waals surface area contributed by atoms with E-state index >= 15 is 0 Å². The summed E-state index contributed by atoms with van der Waals surface area (Å²) in [5.41, 5.74) is 0. The topological polar surface area (TPSA) is 110 Å². The van der Waals surface area contributed by atoms with Gasteiger partial charge in [0.2, 0.25) is 5.89 Å². The Morgan fingerprint density at radius 1 is 1.35 bits per heavy atom. The molecule has 0 saturated heterocycles. The summed E-state index contributed by atoms with van der Waals surface area (Å²) in [6, 6.07) is 3.05. The summed E-state index contributed by atoms with van der Waals surface area (Å²) in [7, 11) is 3.79. The predicted molar refractivity (Wildman–Crippen MR) is 70.8 cm³/mol. The number of furan rings is 1. The van der Waals surface area contributed by atoms with Gasteiger partial charge in [0.15, 0.2) is 0 Å². The number of hydrogen-bond donors (Lipinski definition) is 1. The molecule has 2 aromatic heterocycles. The molecular formula is C11H13N5O4. The van der Waals surface area contributed by atoms with Crippen molar-refractivity contribution in [2.45, 2.75) is 0 Å². The minimum Gasteiger partial charge on any atom is -0.404 e. The van der Waals surface area contributed by atoms with E-state index in [0.717, 1.165) is 0 Å². The first kappa shape index (κ1) is 13.7. The number of nitrogens with zero attached hydrogens (tertiary/aromatic N) is 4. The third kappa shape index (κ3) is 3.65. The summed E-state index contributed by atoms with van der Waals surface area (Å²) in [5.74, 6) is 0.284. The SMILES string of the molecule is CN(C)CNc1nnc(C=Cc2ccc([N+](=O)[O-])o2)o1. The summed E-state index contributed by atoms with van der Waals surface area (Å²) in [6.07, 6.45) is 3.02. The Labute approximate surface area is 114 Å². The van der Waals surface area contributed by atoms with E-state index in [4.69, 9.17) is 8.83 Å². The lowest BCUT2D eigenvalue weighted by atomic mass is 10.4. The zero-order valence-electron chi connectivity index (χ0n) is 10.9. The van der Waals surface area contributed by atoms with Crippen LogP contribution in [-0.4, -0.2) is 40.8 Å². The molecular weight excluding hydrogens is 266 g/mol. The van der Waals surface area contributed by atoms with Crippen LogP contribution in [-0.2, 0) is 0 Å². The standard InChI is InChI=1S/C11H13N5O4/c1-15(2)7-12-11-14-13-9(20-11)5-3-8-4-6-10(19-8)16(17)18/h3-6H,7H2,1-2H3,(H,12,14). The summed E-state index contributed by atoms with van der Waals surface area (Å²) >= 11 is 0. The van der Waals surface area contributed by atoms with Gasteiger partial charge in [-0.2, -0.15) is 0 Å². The van der Waals surface area contributed by atoms with Crippen molar-refractivity contribution in [1.82, 2.24) is 15.1 Å². The number of aromatic nitrogens is 2. The zero-order valence-corrected chi connectivity index (χ0v) is 10.9. The molecule has 0 amide bonds. The van der Waals surface area contributed by atoms with Gasteiger partial charge < -0.3 is 14.2 Å². The Balaban J connectivity index is 1.98. The van der Waals surface area contributed by atoms with Gasteiger partial charge in [0.05, 0.1) is 12.7 Å². The fraction of sp³-hybridized carbons (Fsp3) is 0.273. The maximum Gasteiger partial charge on any atom is 0.433 e. The van der Waals surface area contributed by atoms with Crippen molar-refractivity contribution in [1.29, 1.82) is 0 Å². The molecule has 0 spiro atoms. The molecule has 2 heterocycles. The van der Waals surface area contributed by atoms with E-state index in [1.807, 2.05) is 19.0 Å². The normalized spacial score (nSPS) is 11.3. The highest BCUT2D eigenvalue weighted by Gasteiger charge is 2.10. The van der Waals surface area contributed by atoms with Gasteiger partial charge in [0.1, 0.15) is 10.7 Å². The second-order valence-electron chi connectivity index (χ2n) is 4.13. The lowest BCUT2D eigenvalue weighted by Gasteiger charge is -2.07. The van der Waals surface area contributed by atoms with E-state index in [2.05, 4.69) is 15.5 Å². The first-order valence-electron chi connectivity index (χ1n) is 5.69. The molecule has 0 aliphatic rings. The first-order chi connectivity index (χ1) is 9.54. The Morgan fingerprint density at radius 2 is 2.15 bits per heavy atom. The highest BCUT2D eigenvalue weighted by atomic mass is 16.6. The maximum atomic E-state index is 10.5. The largest absolute Gasteiger partial charge is 0.433 e. The van der Waals surface area contributed by atoms with Gasteiger partial charge in [-0.1, -0.05) is 5.10 Å². The summed E-state index contributed by atoms with van der Waals surface area (Å²) in [4.78, 5) is 11.8. The molecule has 2 rings (SSSR count). The van der Waals surface area contributed by atoms with Crippen LogP contribution in [0.25, 0.3) is 12.2 Å². The van der Waals surface area contributed by atoms with Crippen LogP contribution in [0.5, 0.6) is 0 Å². The number of nitro groups is 1. The van der Waals surface area contributed by atoms with Gasteiger partial charge in [-0.15, -0.1) is 5.10 Å². The summed E-state index contributed by atoms with van der Waals surface area (Å²) in [5, 5.41) is 21.0. The van der Waals surface area contributed by atoms with Gasteiger partial charge in [-0.25, -0.2) is 0 Å². The highest BCUT2D eigenvalue weighted by Crippen LogP contribution is 2.18. The van der Waals surface area contributed by atoms with Gasteiger partial charge in [-0.05, 0) is 26.2 Å². The van der Waals surface area contributed by atoms with Gasteiger partial charge in [0.25, 0.3) is 0 Å². The van der Waals surface area contributed by atoms with Crippen molar-refractivity contribution in [3.8, 4) is 0 Å². The van der Waals surface area contributed by atoms with Crippen molar-refractivity contribution in [2.75, 3.05) is 26.1 Å². The lowest BCUT2D eigenvalue weighted by Crippen LogP contribution is -2.20. The van der Waals surface area contributed by atoms with E-state index in [1.54, 1.807) is 0 Å². The number of hydrogen-bond acceptors (Lipinski definition) is 8. The molecule has 0 saturated carbocycles. The van der Waals surface area contributed by atoms with E-state index in [9.17, 15) is 10.1 Å². The molecule has 0 radical (unpaired) electrons. The monoisotopic (exact) mass is 279 g/mol. The van der Waals surface area contributed by atoms with Crippen LogP contribution in [0.3, 0.4) is 0 Å². The fourth-order valence-electron chi connectivity index (χ4n) is 1.28. The Morgan fingerprint density at radius 3 is 2.80 bits per heavy atom. The van der Waals surface area contributed by atoms with Crippen molar-refractivity contribution < 1.29 is 13.8 Å². The molecule has 106 valence electrons. The Kier molecular flexibility index (Phi) is 4.11. The van der Waals surface area contributed by atoms with Crippen LogP contribution in [0.1, 0.15) is 11.7 Å². The van der Waals surface area contributed by atoms with Crippen molar-refractivity contribution >= 4 is 24.1 Å². The lowest BCUT2D eigenvalue weighted by molar-refractivity contribution is -0.402. The van der Waals surface area contributed by atoms with Crippen molar-refractivity contribution in [2.24, 2.45) is 0 Å². The van der Waals surface area contributed by atoms with Crippen molar-refractivity contribution in [3.63, 3.8) is 0 Å². The van der Waals surface area contributed by atoms with E-state index < -0.39 is 4.92 Å². The van der Waals surface area contributed by atoms with Crippen LogP contribution in [0.15, 0.2) is 21.0 Å². The average Bonchev–Trinajstić information content (AvgIpc) is 3.03. The summed E-state index contributed by atoms with van der Waals surface area (Å²) < 4.78 is 10.2.